The summed E-state index contributed by atoms with van der Waals surface area (Å²) < 4.78 is 0. The fourth-order valence-electron chi connectivity index (χ4n) is 3.68. The van der Waals surface area contributed by atoms with Crippen LogP contribution in [-0.2, 0) is 0 Å². The summed E-state index contributed by atoms with van der Waals surface area (Å²) in [6, 6.07) is 0. The van der Waals surface area contributed by atoms with Crippen LogP contribution in [0.25, 0.3) is 0 Å². The molecule has 1 N–H and O–H groups in total. The first kappa shape index (κ1) is 10.5. The molecule has 3 aliphatic carbocycles. The van der Waals surface area contributed by atoms with Crippen molar-refractivity contribution < 1.29 is 0 Å². The maximum Gasteiger partial charge on any atom is 0.205 e. The van der Waals surface area contributed by atoms with Crippen LogP contribution in [0, 0.1) is 23.2 Å². The van der Waals surface area contributed by atoms with Crippen molar-refractivity contribution in [3.8, 4) is 0 Å². The van der Waals surface area contributed by atoms with Gasteiger partial charge in [0.25, 0.3) is 0 Å². The van der Waals surface area contributed by atoms with E-state index in [-0.39, 0.29) is 0 Å². The Kier molecular flexibility index (Phi) is 2.42. The van der Waals surface area contributed by atoms with Gasteiger partial charge in [0, 0.05) is 6.54 Å². The summed E-state index contributed by atoms with van der Waals surface area (Å²) >= 11 is 1.59. The van der Waals surface area contributed by atoms with Crippen LogP contribution in [0.3, 0.4) is 0 Å². The lowest BCUT2D eigenvalue weighted by Crippen LogP contribution is -2.53. The number of hydrogen-bond donors (Lipinski definition) is 1. The molecule has 3 saturated carbocycles. The van der Waals surface area contributed by atoms with E-state index in [1.54, 1.807) is 16.8 Å². The van der Waals surface area contributed by atoms with E-state index in [1.807, 2.05) is 0 Å². The lowest BCUT2D eigenvalue weighted by molar-refractivity contribution is -0.100. The van der Waals surface area contributed by atoms with E-state index < -0.39 is 0 Å². The van der Waals surface area contributed by atoms with Gasteiger partial charge in [-0.05, 0) is 42.4 Å². The summed E-state index contributed by atoms with van der Waals surface area (Å²) in [6.45, 7) is 5.97. The van der Waals surface area contributed by atoms with E-state index in [1.165, 1.54) is 19.3 Å². The SMILES string of the molecule is CC1(C)C2CC[C@@H](CNc3nncs3)C1C2. The van der Waals surface area contributed by atoms with Crippen molar-refractivity contribution in [2.24, 2.45) is 23.2 Å². The summed E-state index contributed by atoms with van der Waals surface area (Å²) in [5, 5.41) is 12.3. The molecular weight excluding hydrogens is 218 g/mol. The monoisotopic (exact) mass is 237 g/mol. The predicted molar refractivity (Wildman–Crippen MR) is 66.5 cm³/mol. The minimum absolute atomic E-state index is 0.589. The number of fused-ring (bicyclic) bond motifs is 2. The first-order chi connectivity index (χ1) is 7.68. The van der Waals surface area contributed by atoms with Crippen LogP contribution in [0.1, 0.15) is 33.1 Å². The number of rotatable bonds is 3. The molecule has 2 bridgehead atoms. The van der Waals surface area contributed by atoms with E-state index in [2.05, 4.69) is 29.4 Å². The minimum Gasteiger partial charge on any atom is -0.360 e. The van der Waals surface area contributed by atoms with Crippen LogP contribution in [0.5, 0.6) is 0 Å². The van der Waals surface area contributed by atoms with Gasteiger partial charge in [0.2, 0.25) is 5.13 Å². The van der Waals surface area contributed by atoms with Crippen molar-refractivity contribution in [2.45, 2.75) is 33.1 Å². The molecule has 0 aliphatic heterocycles. The molecular formula is C12H19N3S. The van der Waals surface area contributed by atoms with Gasteiger partial charge in [-0.25, -0.2) is 0 Å². The molecule has 1 aromatic rings. The normalized spacial score (nSPS) is 35.5. The molecule has 3 nitrogen and oxygen atoms in total. The summed E-state index contributed by atoms with van der Waals surface area (Å²) in [7, 11) is 0. The van der Waals surface area contributed by atoms with Crippen molar-refractivity contribution in [3.05, 3.63) is 5.51 Å². The molecule has 4 rings (SSSR count). The molecule has 1 heterocycles. The van der Waals surface area contributed by atoms with Crippen molar-refractivity contribution in [2.75, 3.05) is 11.9 Å². The number of hydrogen-bond acceptors (Lipinski definition) is 4. The molecule has 3 aliphatic rings. The van der Waals surface area contributed by atoms with Crippen LogP contribution in [-0.4, -0.2) is 16.7 Å². The maximum atomic E-state index is 4.03. The van der Waals surface area contributed by atoms with Crippen LogP contribution in [0.15, 0.2) is 5.51 Å². The van der Waals surface area contributed by atoms with E-state index in [0.717, 1.165) is 29.4 Å². The Morgan fingerprint density at radius 3 is 3.00 bits per heavy atom. The summed E-state index contributed by atoms with van der Waals surface area (Å²) in [5.41, 5.74) is 2.37. The molecule has 1 aromatic heterocycles. The highest BCUT2D eigenvalue weighted by atomic mass is 32.1. The van der Waals surface area contributed by atoms with Crippen LogP contribution < -0.4 is 5.32 Å². The highest BCUT2D eigenvalue weighted by molar-refractivity contribution is 7.13. The van der Waals surface area contributed by atoms with Gasteiger partial charge in [-0.1, -0.05) is 25.2 Å². The third-order valence-electron chi connectivity index (χ3n) is 4.88. The molecule has 3 fully saturated rings. The Hall–Kier alpha value is -0.640. The molecule has 3 atom stereocenters. The molecule has 88 valence electrons. The van der Waals surface area contributed by atoms with Gasteiger partial charge >= 0.3 is 0 Å². The highest BCUT2D eigenvalue weighted by Gasteiger charge is 2.53. The van der Waals surface area contributed by atoms with E-state index in [4.69, 9.17) is 0 Å². The van der Waals surface area contributed by atoms with E-state index in [9.17, 15) is 0 Å². The molecule has 16 heavy (non-hydrogen) atoms. The van der Waals surface area contributed by atoms with Gasteiger partial charge in [0.05, 0.1) is 0 Å². The zero-order valence-electron chi connectivity index (χ0n) is 9.94. The van der Waals surface area contributed by atoms with Crippen molar-refractivity contribution in [3.63, 3.8) is 0 Å². The summed E-state index contributed by atoms with van der Waals surface area (Å²) in [6.07, 6.45) is 4.27. The van der Waals surface area contributed by atoms with Gasteiger partial charge in [-0.15, -0.1) is 10.2 Å². The quantitative estimate of drug-likeness (QED) is 0.878. The van der Waals surface area contributed by atoms with Crippen LogP contribution in [0.2, 0.25) is 0 Å². The zero-order chi connectivity index (χ0) is 11.2. The lowest BCUT2D eigenvalue weighted by atomic mass is 9.45. The van der Waals surface area contributed by atoms with Gasteiger partial charge in [0.1, 0.15) is 5.51 Å². The number of nitrogens with zero attached hydrogens (tertiary/aromatic N) is 2. The van der Waals surface area contributed by atoms with Crippen LogP contribution in [0.4, 0.5) is 5.13 Å². The number of anilines is 1. The molecule has 0 radical (unpaired) electrons. The van der Waals surface area contributed by atoms with Gasteiger partial charge in [-0.2, -0.15) is 0 Å². The second kappa shape index (κ2) is 3.69. The number of nitrogens with one attached hydrogen (secondary N) is 1. The van der Waals surface area contributed by atoms with Gasteiger partial charge in [0.15, 0.2) is 0 Å². The fourth-order valence-corrected chi connectivity index (χ4v) is 4.13. The minimum atomic E-state index is 0.589. The lowest BCUT2D eigenvalue weighted by Gasteiger charge is -2.60. The Labute approximate surface area is 101 Å². The molecule has 4 heteroatoms. The van der Waals surface area contributed by atoms with Crippen LogP contribution >= 0.6 is 11.3 Å². The first-order valence-corrected chi connectivity index (χ1v) is 7.06. The third kappa shape index (κ3) is 1.54. The van der Waals surface area contributed by atoms with E-state index in [0.29, 0.717) is 5.41 Å². The smallest absolute Gasteiger partial charge is 0.205 e. The van der Waals surface area contributed by atoms with E-state index >= 15 is 0 Å². The van der Waals surface area contributed by atoms with Gasteiger partial charge < -0.3 is 5.32 Å². The fraction of sp³-hybridized carbons (Fsp3) is 0.833. The second-order valence-corrected chi connectivity index (χ2v) is 6.66. The Morgan fingerprint density at radius 2 is 2.38 bits per heavy atom. The third-order valence-corrected chi connectivity index (χ3v) is 5.53. The standard InChI is InChI=1S/C12H19N3S/c1-12(2)9-4-3-8(10(12)5-9)6-13-11-15-14-7-16-11/h7-10H,3-6H2,1-2H3,(H,13,15)/t8-,9?,10?/m0/s1. The maximum absolute atomic E-state index is 4.03. The molecule has 0 amide bonds. The second-order valence-electron chi connectivity index (χ2n) is 5.82. The molecule has 0 aromatic carbocycles. The Bertz CT molecular complexity index is 358. The first-order valence-electron chi connectivity index (χ1n) is 6.18. The number of aromatic nitrogens is 2. The predicted octanol–water partition coefficient (Wildman–Crippen LogP) is 3.02. The topological polar surface area (TPSA) is 37.8 Å². The molecule has 0 saturated heterocycles. The summed E-state index contributed by atoms with van der Waals surface area (Å²) in [4.78, 5) is 0. The van der Waals surface area contributed by atoms with Crippen molar-refractivity contribution >= 4 is 16.5 Å². The highest BCUT2D eigenvalue weighted by Crippen LogP contribution is 2.61. The van der Waals surface area contributed by atoms with Gasteiger partial charge in [-0.3, -0.25) is 0 Å². The van der Waals surface area contributed by atoms with Crippen molar-refractivity contribution in [1.29, 1.82) is 0 Å². The summed E-state index contributed by atoms with van der Waals surface area (Å²) in [5.74, 6) is 2.76. The van der Waals surface area contributed by atoms with Crippen molar-refractivity contribution in [1.82, 2.24) is 10.2 Å². The molecule has 0 spiro atoms. The Morgan fingerprint density at radius 1 is 1.50 bits per heavy atom. The average Bonchev–Trinajstić information content (AvgIpc) is 2.79. The largest absolute Gasteiger partial charge is 0.360 e. The Balaban J connectivity index is 1.59. The molecule has 2 unspecified atom stereocenters. The average molecular weight is 237 g/mol. The zero-order valence-corrected chi connectivity index (χ0v) is 10.8.